The monoisotopic (exact) mass is 111 g/mol. The van der Waals surface area contributed by atoms with Crippen molar-refractivity contribution in [1.82, 2.24) is 0 Å². The smallest absolute Gasteiger partial charge is 0.0833 e. The third-order valence-corrected chi connectivity index (χ3v) is 0.652. The molecule has 0 amide bonds. The minimum Gasteiger partial charge on any atom is -0.292 e. The summed E-state index contributed by atoms with van der Waals surface area (Å²) in [5, 5.41) is 6.75. The largest absolute Gasteiger partial charge is 0.292 e. The molecule has 0 fully saturated rings. The second kappa shape index (κ2) is 4.18. The van der Waals surface area contributed by atoms with E-state index in [0.717, 1.165) is 0 Å². The zero-order valence-corrected chi connectivity index (χ0v) is 4.91. The van der Waals surface area contributed by atoms with Gasteiger partial charge >= 0.3 is 0 Å². The van der Waals surface area contributed by atoms with Crippen LogP contribution in [-0.2, 0) is 0 Å². The van der Waals surface area contributed by atoms with Crippen molar-refractivity contribution in [2.75, 3.05) is 0 Å². The summed E-state index contributed by atoms with van der Waals surface area (Å²) in [7, 11) is 0. The van der Waals surface area contributed by atoms with Crippen molar-refractivity contribution < 1.29 is 0 Å². The van der Waals surface area contributed by atoms with Gasteiger partial charge in [-0.25, -0.2) is 0 Å². The maximum Gasteiger partial charge on any atom is 0.0833 e. The molecule has 0 aromatic heterocycles. The molecule has 3 heteroatoms. The Labute approximate surface area is 48.9 Å². The average molecular weight is 111 g/mol. The number of hydrogen-bond acceptors (Lipinski definition) is 3. The lowest BCUT2D eigenvalue weighted by molar-refractivity contribution is 0.997. The number of hydrogen-bond donors (Lipinski definition) is 0. The third-order valence-electron chi connectivity index (χ3n) is 0.652. The first-order valence-electron chi connectivity index (χ1n) is 2.26. The predicted molar refractivity (Wildman–Crippen MR) is 37.1 cm³/mol. The van der Waals surface area contributed by atoms with E-state index in [-0.39, 0.29) is 6.04 Å². The molecule has 0 aliphatic carbocycles. The highest BCUT2D eigenvalue weighted by molar-refractivity contribution is 5.65. The van der Waals surface area contributed by atoms with Gasteiger partial charge in [-0.2, -0.15) is 10.2 Å². The topological polar surface area (TPSA) is 37.1 Å². The van der Waals surface area contributed by atoms with Crippen molar-refractivity contribution in [3.8, 4) is 0 Å². The van der Waals surface area contributed by atoms with Crippen LogP contribution < -0.4 is 0 Å². The zero-order valence-electron chi connectivity index (χ0n) is 4.91. The molecule has 0 N–H and O–H groups in total. The van der Waals surface area contributed by atoms with Gasteiger partial charge in [0.2, 0.25) is 0 Å². The first-order valence-corrected chi connectivity index (χ1v) is 2.26. The molecule has 0 aliphatic rings. The van der Waals surface area contributed by atoms with E-state index in [0.29, 0.717) is 0 Å². The van der Waals surface area contributed by atoms with Crippen molar-refractivity contribution in [3.05, 3.63) is 0 Å². The Balaban J connectivity index is 3.50. The fourth-order valence-electron chi connectivity index (χ4n) is 0.191. The molecule has 0 saturated heterocycles. The minimum atomic E-state index is 0.0421. The van der Waals surface area contributed by atoms with Crippen LogP contribution in [0.5, 0.6) is 0 Å². The van der Waals surface area contributed by atoms with E-state index in [1.807, 2.05) is 6.92 Å². The molecule has 0 aliphatic heterocycles. The lowest BCUT2D eigenvalue weighted by Gasteiger charge is -1.89. The summed E-state index contributed by atoms with van der Waals surface area (Å²) in [5.41, 5.74) is 0. The van der Waals surface area contributed by atoms with Gasteiger partial charge in [-0.3, -0.25) is 4.99 Å². The van der Waals surface area contributed by atoms with Crippen LogP contribution in [-0.4, -0.2) is 25.7 Å². The average Bonchev–Trinajstić information content (AvgIpc) is 1.83. The maximum absolute atomic E-state index is 3.64. The second-order valence-electron chi connectivity index (χ2n) is 1.33. The van der Waals surface area contributed by atoms with E-state index >= 15 is 0 Å². The summed E-state index contributed by atoms with van der Waals surface area (Å²) in [4.78, 5) is 3.64. The van der Waals surface area contributed by atoms with Crippen LogP contribution in [0.3, 0.4) is 0 Å². The molecule has 0 aromatic rings. The molecule has 1 unspecified atom stereocenters. The van der Waals surface area contributed by atoms with Crippen LogP contribution >= 0.6 is 0 Å². The molecule has 0 bridgehead atoms. The Bertz CT molecular complexity index is 106. The zero-order chi connectivity index (χ0) is 6.41. The van der Waals surface area contributed by atoms with Gasteiger partial charge in [-0.15, -0.1) is 0 Å². The van der Waals surface area contributed by atoms with Crippen molar-refractivity contribution in [1.29, 1.82) is 0 Å². The Kier molecular flexibility index (Phi) is 3.66. The highest BCUT2D eigenvalue weighted by Crippen LogP contribution is 1.80. The van der Waals surface area contributed by atoms with Crippen molar-refractivity contribution >= 4 is 19.6 Å². The molecule has 8 heavy (non-hydrogen) atoms. The molecule has 0 radical (unpaired) electrons. The summed E-state index contributed by atoms with van der Waals surface area (Å²) in [6.45, 7) is 8.33. The molecular weight excluding hydrogens is 102 g/mol. The molecule has 0 spiro atoms. The number of rotatable bonds is 3. The first kappa shape index (κ1) is 7.01. The van der Waals surface area contributed by atoms with Crippen molar-refractivity contribution in [3.63, 3.8) is 0 Å². The Morgan fingerprint density at radius 3 is 2.50 bits per heavy atom. The van der Waals surface area contributed by atoms with E-state index in [4.69, 9.17) is 0 Å². The minimum absolute atomic E-state index is 0.0421. The summed E-state index contributed by atoms with van der Waals surface area (Å²) in [6.07, 6.45) is 1.57. The van der Waals surface area contributed by atoms with Gasteiger partial charge in [0, 0.05) is 6.72 Å². The maximum atomic E-state index is 3.64. The van der Waals surface area contributed by atoms with Crippen LogP contribution in [0.15, 0.2) is 15.2 Å². The molecule has 0 aromatic carbocycles. The third kappa shape index (κ3) is 3.21. The van der Waals surface area contributed by atoms with E-state index in [1.54, 1.807) is 6.21 Å². The number of nitrogens with zero attached hydrogens (tertiary/aromatic N) is 3. The Hall–Kier alpha value is -0.990. The Morgan fingerprint density at radius 2 is 2.12 bits per heavy atom. The normalized spacial score (nSPS) is 13.6. The standard InChI is InChI=1S/C5H9N3/c1-5(6-2)4-8-7-3/h4-5H,2-3H2,1H3/b8-4-. The SMILES string of the molecule is C=N/N=C\C(C)N=C. The predicted octanol–water partition coefficient (Wildman–Crippen LogP) is 0.762. The highest BCUT2D eigenvalue weighted by Gasteiger charge is 1.85. The lowest BCUT2D eigenvalue weighted by atomic mass is 10.4. The molecule has 0 rings (SSSR count). The highest BCUT2D eigenvalue weighted by atomic mass is 15.2. The molecule has 1 atom stereocenters. The van der Waals surface area contributed by atoms with E-state index in [1.165, 1.54) is 0 Å². The lowest BCUT2D eigenvalue weighted by Crippen LogP contribution is -1.96. The van der Waals surface area contributed by atoms with Crippen molar-refractivity contribution in [2.45, 2.75) is 13.0 Å². The van der Waals surface area contributed by atoms with Crippen molar-refractivity contribution in [2.24, 2.45) is 15.2 Å². The fraction of sp³-hybridized carbons (Fsp3) is 0.400. The molecule has 0 saturated carbocycles. The van der Waals surface area contributed by atoms with Gasteiger partial charge in [0.1, 0.15) is 0 Å². The van der Waals surface area contributed by atoms with Gasteiger partial charge in [-0.1, -0.05) is 0 Å². The van der Waals surface area contributed by atoms with Gasteiger partial charge in [0.25, 0.3) is 0 Å². The summed E-state index contributed by atoms with van der Waals surface area (Å²) in [6, 6.07) is 0.0421. The van der Waals surface area contributed by atoms with E-state index in [2.05, 4.69) is 28.6 Å². The first-order chi connectivity index (χ1) is 3.81. The van der Waals surface area contributed by atoms with E-state index in [9.17, 15) is 0 Å². The Morgan fingerprint density at radius 1 is 1.50 bits per heavy atom. The fourth-order valence-corrected chi connectivity index (χ4v) is 0.191. The van der Waals surface area contributed by atoms with E-state index < -0.39 is 0 Å². The van der Waals surface area contributed by atoms with Crippen LogP contribution in [0.2, 0.25) is 0 Å². The van der Waals surface area contributed by atoms with Gasteiger partial charge in [0.15, 0.2) is 0 Å². The van der Waals surface area contributed by atoms with Crippen LogP contribution in [0.25, 0.3) is 0 Å². The van der Waals surface area contributed by atoms with Crippen LogP contribution in [0, 0.1) is 0 Å². The van der Waals surface area contributed by atoms with Gasteiger partial charge in [-0.05, 0) is 13.6 Å². The van der Waals surface area contributed by atoms with Crippen LogP contribution in [0.4, 0.5) is 0 Å². The molecule has 3 nitrogen and oxygen atoms in total. The van der Waals surface area contributed by atoms with Gasteiger partial charge in [0.05, 0.1) is 12.3 Å². The number of aliphatic imine (C=N–C) groups is 1. The summed E-state index contributed by atoms with van der Waals surface area (Å²) in [5.74, 6) is 0. The summed E-state index contributed by atoms with van der Waals surface area (Å²) >= 11 is 0. The molecule has 44 valence electrons. The molecule has 0 heterocycles. The van der Waals surface area contributed by atoms with Crippen LogP contribution in [0.1, 0.15) is 6.92 Å². The molecular formula is C5H9N3. The second-order valence-corrected chi connectivity index (χ2v) is 1.33. The van der Waals surface area contributed by atoms with Gasteiger partial charge < -0.3 is 0 Å². The quantitative estimate of drug-likeness (QED) is 0.381. The summed E-state index contributed by atoms with van der Waals surface area (Å²) < 4.78 is 0.